The molecule has 160 valence electrons. The summed E-state index contributed by atoms with van der Waals surface area (Å²) in [5, 5.41) is 1.62. The number of aromatic nitrogens is 1. The lowest BCUT2D eigenvalue weighted by Gasteiger charge is -2.15. The van der Waals surface area contributed by atoms with Crippen LogP contribution in [0.1, 0.15) is 33.2 Å². The van der Waals surface area contributed by atoms with E-state index in [9.17, 15) is 9.59 Å². The van der Waals surface area contributed by atoms with Gasteiger partial charge in [0.2, 0.25) is 5.78 Å². The molecule has 0 amide bonds. The van der Waals surface area contributed by atoms with Crippen LogP contribution in [0.15, 0.2) is 72.8 Å². The molecular weight excluding hydrogens is 445 g/mol. The van der Waals surface area contributed by atoms with Crippen LogP contribution in [0.5, 0.6) is 0 Å². The Kier molecular flexibility index (Phi) is 6.26. The van der Waals surface area contributed by atoms with Gasteiger partial charge in [0.25, 0.3) is 0 Å². The average molecular weight is 464 g/mol. The maximum atomic E-state index is 13.1. The summed E-state index contributed by atoms with van der Waals surface area (Å²) in [5.41, 5.74) is 3.78. The molecule has 0 saturated heterocycles. The first-order valence-corrected chi connectivity index (χ1v) is 10.8. The molecule has 32 heavy (non-hydrogen) atoms. The largest absolute Gasteiger partial charge is 0.451 e. The quantitative estimate of drug-likeness (QED) is 0.237. The molecule has 0 saturated carbocycles. The van der Waals surface area contributed by atoms with E-state index in [0.29, 0.717) is 32.2 Å². The van der Waals surface area contributed by atoms with Crippen LogP contribution in [0.25, 0.3) is 22.2 Å². The van der Waals surface area contributed by atoms with Crippen LogP contribution in [0.4, 0.5) is 0 Å². The van der Waals surface area contributed by atoms with Gasteiger partial charge >= 0.3 is 5.97 Å². The molecule has 0 N–H and O–H groups in total. The van der Waals surface area contributed by atoms with Crippen LogP contribution < -0.4 is 0 Å². The Morgan fingerprint density at radius 2 is 1.53 bits per heavy atom. The summed E-state index contributed by atoms with van der Waals surface area (Å²) in [5.74, 6) is -0.893. The Balaban J connectivity index is 1.70. The maximum absolute atomic E-state index is 13.1. The molecule has 4 rings (SSSR count). The zero-order valence-electron chi connectivity index (χ0n) is 17.4. The van der Waals surface area contributed by atoms with Gasteiger partial charge in [0, 0.05) is 26.6 Å². The minimum atomic E-state index is -0.952. The number of hydrogen-bond donors (Lipinski definition) is 0. The Hall–Kier alpha value is -3.21. The van der Waals surface area contributed by atoms with Crippen LogP contribution in [-0.2, 0) is 4.74 Å². The molecule has 1 atom stereocenters. The summed E-state index contributed by atoms with van der Waals surface area (Å²) >= 11 is 12.2. The third-order valence-corrected chi connectivity index (χ3v) is 5.61. The van der Waals surface area contributed by atoms with Gasteiger partial charge in [0.05, 0.1) is 16.8 Å². The van der Waals surface area contributed by atoms with Gasteiger partial charge in [-0.05, 0) is 50.2 Å². The van der Waals surface area contributed by atoms with E-state index in [0.717, 1.165) is 11.1 Å². The highest BCUT2D eigenvalue weighted by Crippen LogP contribution is 2.28. The number of nitrogens with zero attached hydrogens (tertiary/aromatic N) is 1. The second kappa shape index (κ2) is 9.11. The van der Waals surface area contributed by atoms with E-state index in [1.165, 1.54) is 0 Å². The zero-order valence-corrected chi connectivity index (χ0v) is 18.9. The van der Waals surface area contributed by atoms with Gasteiger partial charge < -0.3 is 4.74 Å². The number of hydrogen-bond acceptors (Lipinski definition) is 4. The Morgan fingerprint density at radius 1 is 0.875 bits per heavy atom. The fourth-order valence-corrected chi connectivity index (χ4v) is 3.66. The number of carbonyl (C=O) groups is 2. The van der Waals surface area contributed by atoms with Crippen LogP contribution in [0.2, 0.25) is 10.0 Å². The second-order valence-electron chi connectivity index (χ2n) is 7.50. The lowest BCUT2D eigenvalue weighted by atomic mass is 10.0. The first-order valence-electron chi connectivity index (χ1n) is 10.00. The number of rotatable bonds is 5. The van der Waals surface area contributed by atoms with Gasteiger partial charge in [-0.25, -0.2) is 9.78 Å². The number of esters is 1. The fourth-order valence-electron chi connectivity index (χ4n) is 3.37. The van der Waals surface area contributed by atoms with E-state index in [-0.39, 0.29) is 11.3 Å². The molecule has 1 unspecified atom stereocenters. The summed E-state index contributed by atoms with van der Waals surface area (Å²) in [6, 6.07) is 21.1. The van der Waals surface area contributed by atoms with Gasteiger partial charge in [-0.2, -0.15) is 0 Å². The second-order valence-corrected chi connectivity index (χ2v) is 8.37. The number of pyridine rings is 1. The highest BCUT2D eigenvalue weighted by atomic mass is 35.5. The number of aryl methyl sites for hydroxylation is 1. The van der Waals surface area contributed by atoms with E-state index in [2.05, 4.69) is 4.98 Å². The molecule has 4 aromatic rings. The van der Waals surface area contributed by atoms with E-state index in [1.807, 2.05) is 31.2 Å². The molecule has 3 aromatic carbocycles. The lowest BCUT2D eigenvalue weighted by molar-refractivity contribution is 0.0320. The van der Waals surface area contributed by atoms with Crippen LogP contribution in [0, 0.1) is 6.92 Å². The van der Waals surface area contributed by atoms with Crippen molar-refractivity contribution in [2.45, 2.75) is 20.0 Å². The number of benzene rings is 3. The maximum Gasteiger partial charge on any atom is 0.339 e. The Labute approximate surface area is 195 Å². The normalized spacial score (nSPS) is 11.9. The average Bonchev–Trinajstić information content (AvgIpc) is 2.78. The van der Waals surface area contributed by atoms with Gasteiger partial charge in [-0.1, -0.05) is 65.2 Å². The van der Waals surface area contributed by atoms with E-state index in [4.69, 9.17) is 27.9 Å². The number of Topliss-reactive ketones (excluding diaryl/α,β-unsaturated/α-hetero) is 1. The summed E-state index contributed by atoms with van der Waals surface area (Å²) in [4.78, 5) is 30.5. The molecule has 0 fully saturated rings. The van der Waals surface area contributed by atoms with Crippen molar-refractivity contribution in [3.05, 3.63) is 99.5 Å². The number of carbonyl (C=O) groups excluding carboxylic acids is 2. The highest BCUT2D eigenvalue weighted by molar-refractivity contribution is 6.31. The number of halogens is 2. The van der Waals surface area contributed by atoms with Crippen molar-refractivity contribution in [3.63, 3.8) is 0 Å². The van der Waals surface area contributed by atoms with Gasteiger partial charge in [0.1, 0.15) is 0 Å². The number of ketones is 1. The Morgan fingerprint density at radius 3 is 2.22 bits per heavy atom. The smallest absolute Gasteiger partial charge is 0.339 e. The molecular formula is C26H19Cl2NO3. The monoisotopic (exact) mass is 463 g/mol. The molecule has 1 heterocycles. The number of fused-ring (bicyclic) bond motifs is 1. The van der Waals surface area contributed by atoms with Crippen LogP contribution in [-0.4, -0.2) is 22.8 Å². The van der Waals surface area contributed by atoms with E-state index < -0.39 is 12.1 Å². The Bertz CT molecular complexity index is 1320. The molecule has 1 aromatic heterocycles. The third-order valence-electron chi connectivity index (χ3n) is 5.12. The minimum absolute atomic E-state index is 0.271. The van der Waals surface area contributed by atoms with Crippen molar-refractivity contribution in [2.24, 2.45) is 0 Å². The SMILES string of the molecule is Cc1ccc(C(=O)C(C)OC(=O)c2cc(-c3ccc(Cl)cc3)nc3ccc(Cl)cc23)cc1. The minimum Gasteiger partial charge on any atom is -0.451 e. The molecule has 0 aliphatic rings. The molecule has 0 aliphatic heterocycles. The highest BCUT2D eigenvalue weighted by Gasteiger charge is 2.23. The van der Waals surface area contributed by atoms with Gasteiger partial charge in [-0.15, -0.1) is 0 Å². The summed E-state index contributed by atoms with van der Waals surface area (Å²) in [6.45, 7) is 3.51. The summed E-state index contributed by atoms with van der Waals surface area (Å²) in [7, 11) is 0. The van der Waals surface area contributed by atoms with Crippen LogP contribution in [0.3, 0.4) is 0 Å². The topological polar surface area (TPSA) is 56.3 Å². The molecule has 0 bridgehead atoms. The fraction of sp³-hybridized carbons (Fsp3) is 0.115. The first-order chi connectivity index (χ1) is 15.3. The predicted octanol–water partition coefficient (Wildman–Crippen LogP) is 6.95. The van der Waals surface area contributed by atoms with Gasteiger partial charge in [-0.3, -0.25) is 4.79 Å². The van der Waals surface area contributed by atoms with Crippen molar-refractivity contribution in [1.82, 2.24) is 4.98 Å². The van der Waals surface area contributed by atoms with Crippen molar-refractivity contribution < 1.29 is 14.3 Å². The first kappa shape index (κ1) is 22.0. The zero-order chi connectivity index (χ0) is 22.8. The van der Waals surface area contributed by atoms with Gasteiger partial charge in [0.15, 0.2) is 6.10 Å². The van der Waals surface area contributed by atoms with Crippen molar-refractivity contribution in [3.8, 4) is 11.3 Å². The molecule has 0 aliphatic carbocycles. The number of ether oxygens (including phenoxy) is 1. The standard InChI is InChI=1S/C26H19Cl2NO3/c1-15-3-5-18(6-4-15)25(30)16(2)32-26(31)22-14-24(17-7-9-19(27)10-8-17)29-23-12-11-20(28)13-21(22)23/h3-14,16H,1-2H3. The summed E-state index contributed by atoms with van der Waals surface area (Å²) in [6.07, 6.45) is -0.952. The third kappa shape index (κ3) is 4.67. The molecule has 0 spiro atoms. The molecule has 0 radical (unpaired) electrons. The van der Waals surface area contributed by atoms with Crippen molar-refractivity contribution in [1.29, 1.82) is 0 Å². The van der Waals surface area contributed by atoms with Crippen molar-refractivity contribution in [2.75, 3.05) is 0 Å². The van der Waals surface area contributed by atoms with E-state index >= 15 is 0 Å². The van der Waals surface area contributed by atoms with E-state index in [1.54, 1.807) is 55.5 Å². The lowest BCUT2D eigenvalue weighted by Crippen LogP contribution is -2.24. The predicted molar refractivity (Wildman–Crippen MR) is 128 cm³/mol. The van der Waals surface area contributed by atoms with Crippen molar-refractivity contribution >= 4 is 45.9 Å². The molecule has 4 nitrogen and oxygen atoms in total. The summed E-state index contributed by atoms with van der Waals surface area (Å²) < 4.78 is 5.56. The van der Waals surface area contributed by atoms with Crippen LogP contribution >= 0.6 is 23.2 Å². The molecule has 6 heteroatoms.